The average Bonchev–Trinajstić information content (AvgIpc) is 3.23. The fourth-order valence-electron chi connectivity index (χ4n) is 4.12. The van der Waals surface area contributed by atoms with Crippen LogP contribution < -0.4 is 15.0 Å². The summed E-state index contributed by atoms with van der Waals surface area (Å²) >= 11 is 0. The highest BCUT2D eigenvalue weighted by Crippen LogP contribution is 2.30. The predicted molar refractivity (Wildman–Crippen MR) is 130 cm³/mol. The first-order chi connectivity index (χ1) is 17.7. The number of rotatable bonds is 6. The maximum atomic E-state index is 12.8. The fraction of sp³-hybridized carbons (Fsp3) is 0.320. The summed E-state index contributed by atoms with van der Waals surface area (Å²) < 4.78 is 45.2. The van der Waals surface area contributed by atoms with Crippen LogP contribution >= 0.6 is 0 Å². The molecule has 2 aromatic carbocycles. The monoisotopic (exact) mass is 514 g/mol. The minimum atomic E-state index is -4.44. The Labute approximate surface area is 211 Å². The van der Waals surface area contributed by atoms with Gasteiger partial charge in [-0.3, -0.25) is 10.2 Å². The molecule has 4 rings (SSSR count). The standard InChI is InChI=1S/C25H25F3N6O3/c1-17-23(16-30-34(17)21-5-2-19(3-6-21)25(26,27)28)37-24(36)31-20-4-7-22(18(14-20)15-29)33-10-8-32(9-11-33)12-13-35/h2-7,14,16,35H,8-13H2,1H3,(H,31,36). The number of aromatic nitrogens is 2. The summed E-state index contributed by atoms with van der Waals surface area (Å²) in [6.07, 6.45) is -3.94. The van der Waals surface area contributed by atoms with Gasteiger partial charge in [0.25, 0.3) is 0 Å². The Balaban J connectivity index is 1.41. The number of nitriles is 1. The number of piperazine rings is 1. The van der Waals surface area contributed by atoms with E-state index in [1.165, 1.54) is 23.0 Å². The average molecular weight is 515 g/mol. The third-order valence-corrected chi connectivity index (χ3v) is 6.10. The van der Waals surface area contributed by atoms with Gasteiger partial charge in [-0.05, 0) is 49.4 Å². The smallest absolute Gasteiger partial charge is 0.406 e. The number of ether oxygens (including phenoxy) is 1. The number of β-amino-alcohol motifs (C(OH)–C–C–N with tert-alkyl or cyclic N) is 1. The van der Waals surface area contributed by atoms with Crippen molar-refractivity contribution in [2.75, 3.05) is 49.5 Å². The number of anilines is 2. The van der Waals surface area contributed by atoms with Gasteiger partial charge in [0, 0.05) is 38.4 Å². The van der Waals surface area contributed by atoms with Crippen LogP contribution in [0.4, 0.5) is 29.3 Å². The van der Waals surface area contributed by atoms with Crippen LogP contribution in [0.25, 0.3) is 5.69 Å². The lowest BCUT2D eigenvalue weighted by Gasteiger charge is -2.36. The van der Waals surface area contributed by atoms with Gasteiger partial charge in [0.05, 0.1) is 41.0 Å². The van der Waals surface area contributed by atoms with E-state index in [0.717, 1.165) is 30.9 Å². The molecule has 1 saturated heterocycles. The first kappa shape index (κ1) is 26.0. The van der Waals surface area contributed by atoms with E-state index in [-0.39, 0.29) is 12.4 Å². The van der Waals surface area contributed by atoms with Gasteiger partial charge in [-0.15, -0.1) is 0 Å². The Bertz CT molecular complexity index is 1290. The molecule has 2 N–H and O–H groups in total. The fourth-order valence-corrected chi connectivity index (χ4v) is 4.12. The molecule has 1 aromatic heterocycles. The van der Waals surface area contributed by atoms with Gasteiger partial charge in [0.2, 0.25) is 0 Å². The topological polar surface area (TPSA) is 107 Å². The molecule has 1 fully saturated rings. The molecule has 3 aromatic rings. The van der Waals surface area contributed by atoms with Crippen molar-refractivity contribution in [3.63, 3.8) is 0 Å². The molecule has 0 unspecified atom stereocenters. The number of hydrogen-bond donors (Lipinski definition) is 2. The molecule has 9 nitrogen and oxygen atoms in total. The second-order valence-corrected chi connectivity index (χ2v) is 8.46. The zero-order valence-electron chi connectivity index (χ0n) is 20.0. The third kappa shape index (κ3) is 6.02. The van der Waals surface area contributed by atoms with Crippen LogP contribution in [-0.2, 0) is 6.18 Å². The van der Waals surface area contributed by atoms with Crippen molar-refractivity contribution < 1.29 is 27.8 Å². The highest BCUT2D eigenvalue weighted by atomic mass is 19.4. The van der Waals surface area contributed by atoms with Crippen molar-refractivity contribution in [1.29, 1.82) is 5.26 Å². The minimum Gasteiger partial charge on any atom is -0.406 e. The third-order valence-electron chi connectivity index (χ3n) is 6.10. The van der Waals surface area contributed by atoms with Gasteiger partial charge in [-0.1, -0.05) is 0 Å². The first-order valence-corrected chi connectivity index (χ1v) is 11.5. The number of carbonyl (C=O) groups is 1. The molecule has 2 heterocycles. The largest absolute Gasteiger partial charge is 0.417 e. The zero-order chi connectivity index (χ0) is 26.6. The Morgan fingerprint density at radius 1 is 1.16 bits per heavy atom. The molecule has 12 heteroatoms. The van der Waals surface area contributed by atoms with Crippen molar-refractivity contribution in [3.05, 3.63) is 65.5 Å². The molecule has 0 spiro atoms. The van der Waals surface area contributed by atoms with Crippen molar-refractivity contribution in [3.8, 4) is 17.5 Å². The minimum absolute atomic E-state index is 0.106. The number of halogens is 3. The summed E-state index contributed by atoms with van der Waals surface area (Å²) in [7, 11) is 0. The number of hydrogen-bond acceptors (Lipinski definition) is 7. The Hall–Kier alpha value is -4.08. The van der Waals surface area contributed by atoms with Crippen LogP contribution in [0.3, 0.4) is 0 Å². The van der Waals surface area contributed by atoms with E-state index in [0.29, 0.717) is 42.3 Å². The summed E-state index contributed by atoms with van der Waals surface area (Å²) in [4.78, 5) is 16.7. The number of benzene rings is 2. The summed E-state index contributed by atoms with van der Waals surface area (Å²) in [5.74, 6) is 0.135. The quantitative estimate of drug-likeness (QED) is 0.516. The van der Waals surface area contributed by atoms with Crippen LogP contribution in [0, 0.1) is 18.3 Å². The van der Waals surface area contributed by atoms with E-state index in [4.69, 9.17) is 9.84 Å². The number of alkyl halides is 3. The number of nitrogens with zero attached hydrogens (tertiary/aromatic N) is 5. The zero-order valence-corrected chi connectivity index (χ0v) is 20.0. The number of nitrogens with one attached hydrogen (secondary N) is 1. The molecule has 1 amide bonds. The Kier molecular flexibility index (Phi) is 7.66. The van der Waals surface area contributed by atoms with E-state index >= 15 is 0 Å². The maximum Gasteiger partial charge on any atom is 0.417 e. The SMILES string of the molecule is Cc1c(OC(=O)Nc2ccc(N3CCN(CCO)CC3)c(C#N)c2)cnn1-c1ccc(C(F)(F)F)cc1. The molecule has 0 aliphatic carbocycles. The molecule has 0 saturated carbocycles. The highest BCUT2D eigenvalue weighted by molar-refractivity contribution is 5.87. The number of amides is 1. The van der Waals surface area contributed by atoms with Gasteiger partial charge in [-0.25, -0.2) is 9.48 Å². The van der Waals surface area contributed by atoms with Crippen LogP contribution in [0.2, 0.25) is 0 Å². The van der Waals surface area contributed by atoms with Crippen molar-refractivity contribution in [2.45, 2.75) is 13.1 Å². The van der Waals surface area contributed by atoms with E-state index in [1.807, 2.05) is 0 Å². The molecule has 37 heavy (non-hydrogen) atoms. The van der Waals surface area contributed by atoms with Crippen LogP contribution in [-0.4, -0.2) is 65.2 Å². The van der Waals surface area contributed by atoms with E-state index in [9.17, 15) is 23.2 Å². The highest BCUT2D eigenvalue weighted by Gasteiger charge is 2.30. The second-order valence-electron chi connectivity index (χ2n) is 8.46. The number of carbonyl (C=O) groups excluding carboxylic acids is 1. The predicted octanol–water partition coefficient (Wildman–Crippen LogP) is 3.80. The van der Waals surface area contributed by atoms with Crippen molar-refractivity contribution in [2.24, 2.45) is 0 Å². The Morgan fingerprint density at radius 3 is 2.49 bits per heavy atom. The summed E-state index contributed by atoms with van der Waals surface area (Å²) in [6.45, 7) is 5.32. The molecule has 0 radical (unpaired) electrons. The number of aliphatic hydroxyl groups is 1. The normalized spacial score (nSPS) is 14.3. The lowest BCUT2D eigenvalue weighted by atomic mass is 10.1. The van der Waals surface area contributed by atoms with Gasteiger partial charge in [0.15, 0.2) is 5.75 Å². The molecular weight excluding hydrogens is 489 g/mol. The van der Waals surface area contributed by atoms with Crippen LogP contribution in [0.5, 0.6) is 5.75 Å². The van der Waals surface area contributed by atoms with E-state index in [1.54, 1.807) is 25.1 Å². The second kappa shape index (κ2) is 10.9. The lowest BCUT2D eigenvalue weighted by Crippen LogP contribution is -2.47. The Morgan fingerprint density at radius 2 is 1.86 bits per heavy atom. The van der Waals surface area contributed by atoms with Crippen LogP contribution in [0.1, 0.15) is 16.8 Å². The maximum absolute atomic E-state index is 12.8. The molecule has 194 valence electrons. The molecular formula is C25H25F3N6O3. The first-order valence-electron chi connectivity index (χ1n) is 11.5. The molecule has 0 bridgehead atoms. The van der Waals surface area contributed by atoms with Gasteiger partial charge in [0.1, 0.15) is 6.07 Å². The molecule has 1 aliphatic rings. The summed E-state index contributed by atoms with van der Waals surface area (Å²) in [5, 5.41) is 25.5. The van der Waals surface area contributed by atoms with Crippen LogP contribution in [0.15, 0.2) is 48.7 Å². The van der Waals surface area contributed by atoms with Crippen molar-refractivity contribution >= 4 is 17.5 Å². The van der Waals surface area contributed by atoms with E-state index < -0.39 is 17.8 Å². The van der Waals surface area contributed by atoms with Gasteiger partial charge >= 0.3 is 12.3 Å². The van der Waals surface area contributed by atoms with Crippen molar-refractivity contribution in [1.82, 2.24) is 14.7 Å². The number of aliphatic hydroxyl groups excluding tert-OH is 1. The molecule has 1 aliphatic heterocycles. The van der Waals surface area contributed by atoms with Gasteiger partial charge in [-0.2, -0.15) is 23.5 Å². The van der Waals surface area contributed by atoms with E-state index in [2.05, 4.69) is 26.3 Å². The lowest BCUT2D eigenvalue weighted by molar-refractivity contribution is -0.137. The molecule has 0 atom stereocenters. The summed E-state index contributed by atoms with van der Waals surface area (Å²) in [5.41, 5.74) is 1.56. The summed E-state index contributed by atoms with van der Waals surface area (Å²) in [6, 6.07) is 11.6. The van der Waals surface area contributed by atoms with Gasteiger partial charge < -0.3 is 14.7 Å².